The highest BCUT2D eigenvalue weighted by molar-refractivity contribution is 6.32. The number of hydrogen-bond acceptors (Lipinski definition) is 5. The summed E-state index contributed by atoms with van der Waals surface area (Å²) in [6.07, 6.45) is 1.99. The summed E-state index contributed by atoms with van der Waals surface area (Å²) >= 11 is 12.5. The van der Waals surface area contributed by atoms with Crippen LogP contribution in [0.15, 0.2) is 30.3 Å². The molecule has 1 heterocycles. The van der Waals surface area contributed by atoms with Gasteiger partial charge < -0.3 is 20.5 Å². The minimum Gasteiger partial charge on any atom is -0.493 e. The fraction of sp³-hybridized carbons (Fsp3) is 0.364. The topological polar surface area (TPSA) is 93.9 Å². The highest BCUT2D eigenvalue weighted by Crippen LogP contribution is 2.37. The number of carbonyl (C=O) groups is 2. The van der Waals surface area contributed by atoms with E-state index in [0.29, 0.717) is 10.6 Å². The van der Waals surface area contributed by atoms with Crippen molar-refractivity contribution in [1.82, 2.24) is 10.2 Å². The average molecular weight is 484 g/mol. The van der Waals surface area contributed by atoms with Gasteiger partial charge in [-0.1, -0.05) is 29.3 Å². The number of nitrogens with one attached hydrogen (secondary N) is 1. The van der Waals surface area contributed by atoms with E-state index in [4.69, 9.17) is 38.4 Å². The monoisotopic (exact) mass is 483 g/mol. The quantitative estimate of drug-likeness (QED) is 0.568. The van der Waals surface area contributed by atoms with Gasteiger partial charge in [0.15, 0.2) is 18.1 Å². The first-order valence-electron chi connectivity index (χ1n) is 10.1. The number of hydrogen-bond donors (Lipinski definition) is 2. The summed E-state index contributed by atoms with van der Waals surface area (Å²) in [5.41, 5.74) is 5.68. The Hall–Kier alpha value is -2.55. The van der Waals surface area contributed by atoms with Crippen LogP contribution in [-0.2, 0) is 4.79 Å². The zero-order valence-electron chi connectivity index (χ0n) is 17.5. The molecule has 1 saturated heterocycles. The van der Waals surface area contributed by atoms with Gasteiger partial charge in [-0.15, -0.1) is 0 Å². The summed E-state index contributed by atoms with van der Waals surface area (Å²) in [6, 6.07) is 6.99. The van der Waals surface area contributed by atoms with E-state index in [1.165, 1.54) is 25.3 Å². The number of rotatable bonds is 9. The first-order valence-corrected chi connectivity index (χ1v) is 10.8. The molecule has 0 saturated carbocycles. The maximum absolute atomic E-state index is 14.6. The molecule has 0 radical (unpaired) electrons. The van der Waals surface area contributed by atoms with Crippen molar-refractivity contribution >= 4 is 35.0 Å². The third-order valence-corrected chi connectivity index (χ3v) is 5.83. The number of nitrogens with zero attached hydrogens (tertiary/aromatic N) is 1. The summed E-state index contributed by atoms with van der Waals surface area (Å²) in [6.45, 7) is 1.34. The number of ether oxygens (including phenoxy) is 2. The third kappa shape index (κ3) is 5.62. The second kappa shape index (κ2) is 10.8. The Labute approximate surface area is 195 Å². The van der Waals surface area contributed by atoms with Crippen LogP contribution in [0.1, 0.15) is 34.8 Å². The van der Waals surface area contributed by atoms with Crippen LogP contribution in [0, 0.1) is 5.82 Å². The van der Waals surface area contributed by atoms with Crippen LogP contribution in [0.25, 0.3) is 0 Å². The number of carbonyl (C=O) groups excluding carboxylic acids is 2. The molecule has 7 nitrogen and oxygen atoms in total. The van der Waals surface area contributed by atoms with E-state index in [1.54, 1.807) is 12.1 Å². The normalized spacial score (nSPS) is 14.8. The molecule has 1 fully saturated rings. The molecule has 0 aliphatic carbocycles. The standard InChI is InChI=1S/C22H24Cl2FN3O4/c1-31-18-10-13(9-15(24)21(18)32-12-19(26)29)22(30)27-11-17(28-7-2-3-8-28)20-14(23)5-4-6-16(20)25/h4-6,9-10,17H,2-3,7-8,11-12H2,1H3,(H2,26,29)(H,27,30). The van der Waals surface area contributed by atoms with Crippen molar-refractivity contribution in [3.05, 3.63) is 57.3 Å². The van der Waals surface area contributed by atoms with Crippen LogP contribution < -0.4 is 20.5 Å². The van der Waals surface area contributed by atoms with Gasteiger partial charge in [-0.3, -0.25) is 14.5 Å². The Kier molecular flexibility index (Phi) is 8.17. The van der Waals surface area contributed by atoms with E-state index in [9.17, 15) is 14.0 Å². The second-order valence-electron chi connectivity index (χ2n) is 7.35. The molecule has 1 aliphatic heterocycles. The Morgan fingerprint density at radius 1 is 1.22 bits per heavy atom. The van der Waals surface area contributed by atoms with Crippen molar-refractivity contribution in [3.8, 4) is 11.5 Å². The predicted molar refractivity (Wildman–Crippen MR) is 120 cm³/mol. The van der Waals surface area contributed by atoms with E-state index in [-0.39, 0.29) is 35.2 Å². The number of primary amides is 1. The molecule has 1 atom stereocenters. The number of amides is 2. The van der Waals surface area contributed by atoms with E-state index in [1.807, 2.05) is 0 Å². The SMILES string of the molecule is COc1cc(C(=O)NCC(c2c(F)cccc2Cl)N2CCCC2)cc(Cl)c1OCC(N)=O. The van der Waals surface area contributed by atoms with Gasteiger partial charge in [0, 0.05) is 22.7 Å². The summed E-state index contributed by atoms with van der Waals surface area (Å²) in [7, 11) is 1.38. The van der Waals surface area contributed by atoms with Crippen LogP contribution >= 0.6 is 23.2 Å². The fourth-order valence-corrected chi connectivity index (χ4v) is 4.28. The van der Waals surface area contributed by atoms with Gasteiger partial charge in [0.1, 0.15) is 5.82 Å². The molecular formula is C22H24Cl2FN3O4. The Morgan fingerprint density at radius 3 is 2.56 bits per heavy atom. The lowest BCUT2D eigenvalue weighted by molar-refractivity contribution is -0.119. The van der Waals surface area contributed by atoms with Gasteiger partial charge in [0.05, 0.1) is 18.2 Å². The minimum atomic E-state index is -0.676. The molecule has 0 spiro atoms. The van der Waals surface area contributed by atoms with E-state index in [0.717, 1.165) is 25.9 Å². The summed E-state index contributed by atoms with van der Waals surface area (Å²) in [5.74, 6) is -1.23. The number of benzene rings is 2. The van der Waals surface area contributed by atoms with Gasteiger partial charge in [0.2, 0.25) is 0 Å². The van der Waals surface area contributed by atoms with Crippen LogP contribution in [0.4, 0.5) is 4.39 Å². The van der Waals surface area contributed by atoms with E-state index < -0.39 is 23.7 Å². The van der Waals surface area contributed by atoms with Crippen molar-refractivity contribution < 1.29 is 23.5 Å². The molecule has 3 rings (SSSR count). The van der Waals surface area contributed by atoms with Crippen LogP contribution in [0.3, 0.4) is 0 Å². The molecule has 2 aromatic carbocycles. The highest BCUT2D eigenvalue weighted by atomic mass is 35.5. The molecular weight excluding hydrogens is 460 g/mol. The first kappa shape index (κ1) is 24.1. The molecule has 0 aromatic heterocycles. The van der Waals surface area contributed by atoms with Crippen LogP contribution in [0.5, 0.6) is 11.5 Å². The highest BCUT2D eigenvalue weighted by Gasteiger charge is 2.28. The number of likely N-dealkylation sites (tertiary alicyclic amines) is 1. The number of nitrogens with two attached hydrogens (primary N) is 1. The van der Waals surface area contributed by atoms with Crippen molar-refractivity contribution in [2.45, 2.75) is 18.9 Å². The minimum absolute atomic E-state index is 0.0870. The largest absolute Gasteiger partial charge is 0.493 e. The Morgan fingerprint density at radius 2 is 1.94 bits per heavy atom. The van der Waals surface area contributed by atoms with E-state index in [2.05, 4.69) is 10.2 Å². The molecule has 3 N–H and O–H groups in total. The molecule has 0 bridgehead atoms. The molecule has 1 unspecified atom stereocenters. The maximum atomic E-state index is 14.6. The molecule has 2 amide bonds. The van der Waals surface area contributed by atoms with Crippen LogP contribution in [-0.4, -0.2) is 50.1 Å². The summed E-state index contributed by atoms with van der Waals surface area (Å²) in [4.78, 5) is 26.0. The predicted octanol–water partition coefficient (Wildman–Crippen LogP) is 3.57. The Bertz CT molecular complexity index is 979. The lowest BCUT2D eigenvalue weighted by Gasteiger charge is -2.29. The van der Waals surface area contributed by atoms with Crippen molar-refractivity contribution in [3.63, 3.8) is 0 Å². The zero-order chi connectivity index (χ0) is 23.3. The number of halogens is 3. The van der Waals surface area contributed by atoms with Gasteiger partial charge in [-0.25, -0.2) is 4.39 Å². The van der Waals surface area contributed by atoms with Crippen molar-refractivity contribution in [1.29, 1.82) is 0 Å². The van der Waals surface area contributed by atoms with Gasteiger partial charge in [-0.05, 0) is 50.2 Å². The molecule has 2 aromatic rings. The maximum Gasteiger partial charge on any atom is 0.255 e. The van der Waals surface area contributed by atoms with Crippen molar-refractivity contribution in [2.24, 2.45) is 5.73 Å². The van der Waals surface area contributed by atoms with Crippen LogP contribution in [0.2, 0.25) is 10.0 Å². The fourth-order valence-electron chi connectivity index (χ4n) is 3.72. The smallest absolute Gasteiger partial charge is 0.255 e. The molecule has 10 heteroatoms. The first-order chi connectivity index (χ1) is 15.3. The molecule has 1 aliphatic rings. The molecule has 32 heavy (non-hydrogen) atoms. The zero-order valence-corrected chi connectivity index (χ0v) is 19.0. The van der Waals surface area contributed by atoms with Gasteiger partial charge in [-0.2, -0.15) is 0 Å². The molecule has 172 valence electrons. The summed E-state index contributed by atoms with van der Waals surface area (Å²) in [5, 5.41) is 3.25. The van der Waals surface area contributed by atoms with Gasteiger partial charge in [0.25, 0.3) is 11.8 Å². The average Bonchev–Trinajstić information content (AvgIpc) is 3.28. The second-order valence-corrected chi connectivity index (χ2v) is 8.16. The van der Waals surface area contributed by atoms with Crippen molar-refractivity contribution in [2.75, 3.05) is 33.4 Å². The van der Waals surface area contributed by atoms with Gasteiger partial charge >= 0.3 is 0 Å². The summed E-state index contributed by atoms with van der Waals surface area (Å²) < 4.78 is 25.1. The van der Waals surface area contributed by atoms with E-state index >= 15 is 0 Å². The number of methoxy groups -OCH3 is 1. The Balaban J connectivity index is 1.80. The lowest BCUT2D eigenvalue weighted by Crippen LogP contribution is -2.37. The lowest BCUT2D eigenvalue weighted by atomic mass is 10.0. The third-order valence-electron chi connectivity index (χ3n) is 5.22.